The summed E-state index contributed by atoms with van der Waals surface area (Å²) in [6.07, 6.45) is -8.01. The van der Waals surface area contributed by atoms with Crippen LogP contribution in [0.4, 0.5) is 38.0 Å². The minimum Gasteiger partial charge on any atom is -0.475 e. The highest BCUT2D eigenvalue weighted by Gasteiger charge is 2.39. The van der Waals surface area contributed by atoms with Gasteiger partial charge in [0.1, 0.15) is 34.8 Å². The van der Waals surface area contributed by atoms with E-state index in [0.29, 0.717) is 0 Å². The number of halogens is 6. The van der Waals surface area contributed by atoms with Crippen molar-refractivity contribution in [3.05, 3.63) is 23.1 Å². The number of pyridine rings is 2. The van der Waals surface area contributed by atoms with E-state index in [1.165, 1.54) is 12.0 Å². The Morgan fingerprint density at radius 3 is 2.57 bits per heavy atom. The molecule has 0 unspecified atom stereocenters. The Labute approximate surface area is 195 Å². The van der Waals surface area contributed by atoms with Gasteiger partial charge in [-0.25, -0.2) is 23.1 Å². The SMILES string of the molecule is COc1nc2c3c(nc(-c4cc(N)nc(C)c4C(F)(F)F)c(F)c3n1)OC[C@H](C)N2CCC(F)F. The minimum absolute atomic E-state index is 0.0203. The quantitative estimate of drug-likeness (QED) is 0.513. The maximum atomic E-state index is 15.9. The number of anilines is 2. The van der Waals surface area contributed by atoms with Gasteiger partial charge in [-0.1, -0.05) is 0 Å². The molecule has 8 nitrogen and oxygen atoms in total. The standard InChI is InChI=1S/C21H20F6N6O2/c1-8-7-35-19-13-17(31-20(34-3)32-18(13)33(8)5-4-11(22)23)15(24)16(30-19)10-6-12(28)29-9(2)14(10)21(25,26)27/h6,8,11H,4-5,7H2,1-3H3,(H2,28,29)/t8-/m0/s1. The van der Waals surface area contributed by atoms with E-state index in [1.807, 2.05) is 0 Å². The highest BCUT2D eigenvalue weighted by Crippen LogP contribution is 2.44. The topological polar surface area (TPSA) is 99.3 Å². The first kappa shape index (κ1) is 24.5. The average Bonchev–Trinajstić information content (AvgIpc) is 2.89. The molecule has 188 valence electrons. The van der Waals surface area contributed by atoms with Crippen LogP contribution in [0, 0.1) is 12.7 Å². The van der Waals surface area contributed by atoms with E-state index in [1.54, 1.807) is 6.92 Å². The van der Waals surface area contributed by atoms with Gasteiger partial charge in [0, 0.05) is 18.5 Å². The Morgan fingerprint density at radius 1 is 1.23 bits per heavy atom. The van der Waals surface area contributed by atoms with Crippen molar-refractivity contribution < 1.29 is 35.8 Å². The molecule has 0 aromatic carbocycles. The van der Waals surface area contributed by atoms with Gasteiger partial charge in [0.05, 0.1) is 24.4 Å². The number of aromatic nitrogens is 4. The summed E-state index contributed by atoms with van der Waals surface area (Å²) in [5.41, 5.74) is 2.19. The van der Waals surface area contributed by atoms with Crippen molar-refractivity contribution >= 4 is 22.5 Å². The molecule has 3 aromatic heterocycles. The number of nitrogen functional groups attached to an aromatic ring is 1. The third-order valence-corrected chi connectivity index (χ3v) is 5.51. The number of hydrogen-bond acceptors (Lipinski definition) is 8. The molecule has 0 spiro atoms. The minimum atomic E-state index is -4.90. The zero-order valence-electron chi connectivity index (χ0n) is 18.8. The van der Waals surface area contributed by atoms with Gasteiger partial charge in [-0.15, -0.1) is 0 Å². The van der Waals surface area contributed by atoms with Gasteiger partial charge in [-0.2, -0.15) is 23.1 Å². The normalized spacial score (nSPS) is 15.9. The number of nitrogens with zero attached hydrogens (tertiary/aromatic N) is 5. The zero-order valence-corrected chi connectivity index (χ0v) is 18.8. The molecule has 0 aliphatic carbocycles. The van der Waals surface area contributed by atoms with Gasteiger partial charge in [-0.3, -0.25) is 0 Å². The Balaban J connectivity index is 2.05. The van der Waals surface area contributed by atoms with Gasteiger partial charge >= 0.3 is 12.2 Å². The predicted molar refractivity (Wildman–Crippen MR) is 114 cm³/mol. The second-order valence-corrected chi connectivity index (χ2v) is 7.92. The number of nitrogens with two attached hydrogens (primary N) is 1. The largest absolute Gasteiger partial charge is 0.475 e. The van der Waals surface area contributed by atoms with Crippen LogP contribution in [0.5, 0.6) is 11.9 Å². The van der Waals surface area contributed by atoms with Crippen LogP contribution in [0.3, 0.4) is 0 Å². The van der Waals surface area contributed by atoms with E-state index in [4.69, 9.17) is 15.2 Å². The van der Waals surface area contributed by atoms with Crippen LogP contribution >= 0.6 is 0 Å². The van der Waals surface area contributed by atoms with Gasteiger partial charge in [0.25, 0.3) is 0 Å². The average molecular weight is 502 g/mol. The summed E-state index contributed by atoms with van der Waals surface area (Å²) in [5, 5.41) is -0.0713. The molecule has 35 heavy (non-hydrogen) atoms. The maximum absolute atomic E-state index is 15.9. The summed E-state index contributed by atoms with van der Waals surface area (Å²) < 4.78 is 94.2. The monoisotopic (exact) mass is 502 g/mol. The van der Waals surface area contributed by atoms with Gasteiger partial charge in [-0.05, 0) is 19.9 Å². The smallest absolute Gasteiger partial charge is 0.418 e. The molecular formula is C21H20F6N6O2. The van der Waals surface area contributed by atoms with Gasteiger partial charge in [0.15, 0.2) is 5.82 Å². The summed E-state index contributed by atoms with van der Waals surface area (Å²) >= 11 is 0. The van der Waals surface area contributed by atoms with Crippen molar-refractivity contribution in [2.45, 2.75) is 38.9 Å². The number of ether oxygens (including phenoxy) is 2. The van der Waals surface area contributed by atoms with Crippen LogP contribution in [0.2, 0.25) is 0 Å². The third kappa shape index (κ3) is 4.44. The molecule has 14 heteroatoms. The first-order valence-corrected chi connectivity index (χ1v) is 10.4. The van der Waals surface area contributed by atoms with Crippen LogP contribution in [-0.4, -0.2) is 52.7 Å². The lowest BCUT2D eigenvalue weighted by molar-refractivity contribution is -0.137. The fourth-order valence-corrected chi connectivity index (χ4v) is 3.99. The van der Waals surface area contributed by atoms with Gasteiger partial charge < -0.3 is 20.1 Å². The summed E-state index contributed by atoms with van der Waals surface area (Å²) in [6, 6.07) is 0.0434. The number of alkyl halides is 5. The summed E-state index contributed by atoms with van der Waals surface area (Å²) in [7, 11) is 1.21. The third-order valence-electron chi connectivity index (χ3n) is 5.51. The lowest BCUT2D eigenvalue weighted by Crippen LogP contribution is -2.38. The fraction of sp³-hybridized carbons (Fsp3) is 0.429. The molecule has 1 atom stereocenters. The number of hydrogen-bond donors (Lipinski definition) is 1. The molecule has 4 rings (SSSR count). The number of aryl methyl sites for hydroxylation is 1. The molecule has 1 aliphatic rings. The zero-order chi connectivity index (χ0) is 25.7. The molecule has 2 N–H and O–H groups in total. The van der Waals surface area contributed by atoms with Gasteiger partial charge in [0.2, 0.25) is 12.3 Å². The first-order valence-electron chi connectivity index (χ1n) is 10.4. The summed E-state index contributed by atoms with van der Waals surface area (Å²) in [5.74, 6) is -1.71. The lowest BCUT2D eigenvalue weighted by Gasteiger charge is -2.28. The number of rotatable bonds is 5. The Hall–Kier alpha value is -3.58. The number of methoxy groups -OCH3 is 1. The van der Waals surface area contributed by atoms with Crippen molar-refractivity contribution in [3.63, 3.8) is 0 Å². The first-order chi connectivity index (χ1) is 16.4. The van der Waals surface area contributed by atoms with Crippen molar-refractivity contribution in [3.8, 4) is 23.1 Å². The molecular weight excluding hydrogens is 482 g/mol. The second-order valence-electron chi connectivity index (χ2n) is 7.92. The molecule has 3 aromatic rings. The Bertz CT molecular complexity index is 1290. The van der Waals surface area contributed by atoms with Crippen LogP contribution in [0.25, 0.3) is 22.2 Å². The van der Waals surface area contributed by atoms with Crippen molar-refractivity contribution in [2.24, 2.45) is 0 Å². The highest BCUT2D eigenvalue weighted by atomic mass is 19.4. The van der Waals surface area contributed by atoms with Crippen LogP contribution < -0.4 is 20.1 Å². The van der Waals surface area contributed by atoms with Crippen molar-refractivity contribution in [1.29, 1.82) is 0 Å². The summed E-state index contributed by atoms with van der Waals surface area (Å²) in [6.45, 7) is 2.53. The summed E-state index contributed by atoms with van der Waals surface area (Å²) in [4.78, 5) is 17.4. The van der Waals surface area contributed by atoms with E-state index in [0.717, 1.165) is 13.0 Å². The van der Waals surface area contributed by atoms with Crippen molar-refractivity contribution in [1.82, 2.24) is 19.9 Å². The van der Waals surface area contributed by atoms with E-state index in [9.17, 15) is 22.0 Å². The second kappa shape index (κ2) is 8.89. The molecule has 0 radical (unpaired) electrons. The molecule has 1 aliphatic heterocycles. The van der Waals surface area contributed by atoms with E-state index in [2.05, 4.69) is 19.9 Å². The lowest BCUT2D eigenvalue weighted by atomic mass is 10.0. The molecule has 4 heterocycles. The fourth-order valence-electron chi connectivity index (χ4n) is 3.99. The Morgan fingerprint density at radius 2 is 1.94 bits per heavy atom. The highest BCUT2D eigenvalue weighted by molar-refractivity contribution is 5.97. The molecule has 0 bridgehead atoms. The predicted octanol–water partition coefficient (Wildman–Crippen LogP) is 4.39. The van der Waals surface area contributed by atoms with E-state index >= 15 is 4.39 Å². The maximum Gasteiger partial charge on any atom is 0.418 e. The van der Waals surface area contributed by atoms with Crippen LogP contribution in [0.1, 0.15) is 24.6 Å². The molecule has 0 saturated heterocycles. The molecule has 0 fully saturated rings. The van der Waals surface area contributed by atoms with Crippen molar-refractivity contribution in [2.75, 3.05) is 30.9 Å². The van der Waals surface area contributed by atoms with Crippen LogP contribution in [-0.2, 0) is 6.18 Å². The molecule has 0 amide bonds. The van der Waals surface area contributed by atoms with E-state index in [-0.39, 0.29) is 42.1 Å². The van der Waals surface area contributed by atoms with E-state index < -0.39 is 58.9 Å². The van der Waals surface area contributed by atoms with Crippen LogP contribution in [0.15, 0.2) is 6.07 Å². The molecule has 0 saturated carbocycles. The Kier molecular flexibility index (Phi) is 6.23.